The van der Waals surface area contributed by atoms with Crippen molar-refractivity contribution in [3.8, 4) is 0 Å². The van der Waals surface area contributed by atoms with Gasteiger partial charge >= 0.3 is 0 Å². The lowest BCUT2D eigenvalue weighted by Crippen LogP contribution is -2.36. The topological polar surface area (TPSA) is 103 Å². The van der Waals surface area contributed by atoms with Crippen LogP contribution in [0.1, 0.15) is 29.5 Å². The second-order valence-corrected chi connectivity index (χ2v) is 10.1. The molecule has 0 aliphatic carbocycles. The standard InChI is InChI=1S/C30H29N9/c1-18-12-21(8-9-31-18)35-22-14-27-30(33-17-22)38-29(37-27)20-4-7-28(32-16-20)36-26-13-19(2)34-25-6-5-23(15-24(25)26)39-10-3-11-39/h4-9,12-17,29,37H,3,10-11H2,1-2H3,(H,31,35)(H,33,38)(H,32,34,36). The third-order valence-electron chi connectivity index (χ3n) is 7.18. The van der Waals surface area contributed by atoms with Gasteiger partial charge in [-0.25, -0.2) is 9.97 Å². The zero-order valence-electron chi connectivity index (χ0n) is 21.9. The Morgan fingerprint density at radius 1 is 0.821 bits per heavy atom. The fourth-order valence-electron chi connectivity index (χ4n) is 5.05. The minimum absolute atomic E-state index is 0.115. The zero-order valence-corrected chi connectivity index (χ0v) is 21.9. The molecule has 0 amide bonds. The number of fused-ring (bicyclic) bond motifs is 2. The van der Waals surface area contributed by atoms with Crippen LogP contribution in [-0.2, 0) is 0 Å². The lowest BCUT2D eigenvalue weighted by molar-refractivity contribution is 0.618. The molecule has 0 radical (unpaired) electrons. The van der Waals surface area contributed by atoms with Crippen molar-refractivity contribution in [2.45, 2.75) is 26.4 Å². The van der Waals surface area contributed by atoms with E-state index in [1.807, 2.05) is 44.4 Å². The molecule has 6 heterocycles. The molecule has 2 aliphatic rings. The Morgan fingerprint density at radius 2 is 1.74 bits per heavy atom. The number of benzene rings is 1. The van der Waals surface area contributed by atoms with Crippen molar-refractivity contribution < 1.29 is 0 Å². The molecule has 9 nitrogen and oxygen atoms in total. The Kier molecular flexibility index (Phi) is 5.61. The van der Waals surface area contributed by atoms with E-state index in [0.29, 0.717) is 0 Å². The molecule has 1 unspecified atom stereocenters. The van der Waals surface area contributed by atoms with Crippen molar-refractivity contribution in [1.82, 2.24) is 19.9 Å². The molecule has 1 saturated heterocycles. The summed E-state index contributed by atoms with van der Waals surface area (Å²) in [6.45, 7) is 6.22. The van der Waals surface area contributed by atoms with Gasteiger partial charge in [0, 0.05) is 59.2 Å². The monoisotopic (exact) mass is 515 g/mol. The molecule has 4 aromatic heterocycles. The maximum atomic E-state index is 4.73. The molecule has 7 rings (SSSR count). The van der Waals surface area contributed by atoms with Crippen LogP contribution in [0.15, 0.2) is 73.2 Å². The van der Waals surface area contributed by atoms with E-state index in [2.05, 4.69) is 72.5 Å². The summed E-state index contributed by atoms with van der Waals surface area (Å²) in [6, 6.07) is 18.7. The number of rotatable bonds is 6. The Morgan fingerprint density at radius 3 is 2.54 bits per heavy atom. The van der Waals surface area contributed by atoms with Crippen LogP contribution >= 0.6 is 0 Å². The summed E-state index contributed by atoms with van der Waals surface area (Å²) in [5, 5.41) is 15.0. The molecule has 4 N–H and O–H groups in total. The van der Waals surface area contributed by atoms with E-state index in [0.717, 1.165) is 75.3 Å². The van der Waals surface area contributed by atoms with Crippen LogP contribution in [0.25, 0.3) is 10.9 Å². The summed E-state index contributed by atoms with van der Waals surface area (Å²) >= 11 is 0. The summed E-state index contributed by atoms with van der Waals surface area (Å²) < 4.78 is 0. The highest BCUT2D eigenvalue weighted by Gasteiger charge is 2.23. The van der Waals surface area contributed by atoms with Gasteiger partial charge in [-0.15, -0.1) is 0 Å². The first-order valence-corrected chi connectivity index (χ1v) is 13.2. The maximum Gasteiger partial charge on any atom is 0.151 e. The second kappa shape index (κ2) is 9.43. The number of anilines is 7. The third kappa shape index (κ3) is 4.63. The largest absolute Gasteiger partial charge is 0.371 e. The highest BCUT2D eigenvalue weighted by molar-refractivity contribution is 5.95. The van der Waals surface area contributed by atoms with Gasteiger partial charge in [0.1, 0.15) is 12.0 Å². The fraction of sp³-hybridized carbons (Fsp3) is 0.200. The van der Waals surface area contributed by atoms with Crippen LogP contribution in [0, 0.1) is 13.8 Å². The molecule has 2 aliphatic heterocycles. The average molecular weight is 516 g/mol. The van der Waals surface area contributed by atoms with E-state index in [4.69, 9.17) is 9.97 Å². The first kappa shape index (κ1) is 23.2. The summed E-state index contributed by atoms with van der Waals surface area (Å²) in [4.78, 5) is 20.7. The van der Waals surface area contributed by atoms with Crippen LogP contribution < -0.4 is 26.2 Å². The molecule has 194 valence electrons. The van der Waals surface area contributed by atoms with E-state index in [1.165, 1.54) is 12.1 Å². The lowest BCUT2D eigenvalue weighted by atomic mass is 10.1. The third-order valence-corrected chi connectivity index (χ3v) is 7.18. The van der Waals surface area contributed by atoms with Crippen molar-refractivity contribution in [1.29, 1.82) is 0 Å². The fourth-order valence-corrected chi connectivity index (χ4v) is 5.05. The SMILES string of the molecule is Cc1cc(Nc2cnc3c(c2)NC(c2ccc(Nc4cc(C)nc5ccc(N6CCC6)cc45)nc2)N3)ccn1. The highest BCUT2D eigenvalue weighted by Crippen LogP contribution is 2.36. The molecule has 0 bridgehead atoms. The number of nitrogens with zero attached hydrogens (tertiary/aromatic N) is 5. The van der Waals surface area contributed by atoms with Crippen LogP contribution in [0.5, 0.6) is 0 Å². The van der Waals surface area contributed by atoms with E-state index < -0.39 is 0 Å². The smallest absolute Gasteiger partial charge is 0.151 e. The molecular weight excluding hydrogens is 486 g/mol. The van der Waals surface area contributed by atoms with Gasteiger partial charge < -0.3 is 26.2 Å². The zero-order chi connectivity index (χ0) is 26.3. The lowest BCUT2D eigenvalue weighted by Gasteiger charge is -2.33. The summed E-state index contributed by atoms with van der Waals surface area (Å²) in [5.74, 6) is 1.60. The van der Waals surface area contributed by atoms with Crippen molar-refractivity contribution in [3.63, 3.8) is 0 Å². The first-order chi connectivity index (χ1) is 19.1. The first-order valence-electron chi connectivity index (χ1n) is 13.2. The predicted molar refractivity (Wildman–Crippen MR) is 157 cm³/mol. The van der Waals surface area contributed by atoms with E-state index >= 15 is 0 Å². The molecule has 39 heavy (non-hydrogen) atoms. The molecule has 9 heteroatoms. The summed E-state index contributed by atoms with van der Waals surface area (Å²) in [7, 11) is 0. The number of pyridine rings is 4. The number of nitrogens with one attached hydrogen (secondary N) is 4. The molecule has 5 aromatic rings. The van der Waals surface area contributed by atoms with Crippen LogP contribution in [-0.4, -0.2) is 33.0 Å². The Hall–Kier alpha value is -4.92. The molecule has 1 fully saturated rings. The predicted octanol–water partition coefficient (Wildman–Crippen LogP) is 6.27. The number of aromatic nitrogens is 4. The number of hydrogen-bond donors (Lipinski definition) is 4. The number of hydrogen-bond acceptors (Lipinski definition) is 9. The van der Waals surface area contributed by atoms with Gasteiger partial charge in [0.05, 0.1) is 28.8 Å². The summed E-state index contributed by atoms with van der Waals surface area (Å²) in [6.07, 6.45) is 6.64. The van der Waals surface area contributed by atoms with E-state index in [-0.39, 0.29) is 6.17 Å². The summed E-state index contributed by atoms with van der Waals surface area (Å²) in [5.41, 5.74) is 9.01. The van der Waals surface area contributed by atoms with Crippen LogP contribution in [0.4, 0.5) is 40.1 Å². The molecule has 1 aromatic carbocycles. The minimum atomic E-state index is -0.115. The van der Waals surface area contributed by atoms with Crippen LogP contribution in [0.3, 0.4) is 0 Å². The molecule has 0 saturated carbocycles. The van der Waals surface area contributed by atoms with Gasteiger partial charge in [0.2, 0.25) is 0 Å². The maximum absolute atomic E-state index is 4.73. The highest BCUT2D eigenvalue weighted by atomic mass is 15.2. The molecule has 0 spiro atoms. The van der Waals surface area contributed by atoms with Gasteiger partial charge in [-0.1, -0.05) is 0 Å². The second-order valence-electron chi connectivity index (χ2n) is 10.1. The van der Waals surface area contributed by atoms with Gasteiger partial charge in [0.25, 0.3) is 0 Å². The van der Waals surface area contributed by atoms with Crippen molar-refractivity contribution in [3.05, 3.63) is 90.1 Å². The van der Waals surface area contributed by atoms with E-state index in [1.54, 1.807) is 6.20 Å². The Balaban J connectivity index is 1.07. The van der Waals surface area contributed by atoms with Crippen molar-refractivity contribution in [2.24, 2.45) is 0 Å². The van der Waals surface area contributed by atoms with E-state index in [9.17, 15) is 0 Å². The molecular formula is C30H29N9. The molecule has 1 atom stereocenters. The van der Waals surface area contributed by atoms with Crippen molar-refractivity contribution in [2.75, 3.05) is 39.3 Å². The van der Waals surface area contributed by atoms with Gasteiger partial charge in [-0.05, 0) is 74.9 Å². The Bertz CT molecular complexity index is 1680. The quantitative estimate of drug-likeness (QED) is 0.208. The van der Waals surface area contributed by atoms with Crippen molar-refractivity contribution >= 4 is 51.0 Å². The average Bonchev–Trinajstić information content (AvgIpc) is 3.32. The van der Waals surface area contributed by atoms with Gasteiger partial charge in [-0.3, -0.25) is 9.97 Å². The van der Waals surface area contributed by atoms with Gasteiger partial charge in [-0.2, -0.15) is 0 Å². The van der Waals surface area contributed by atoms with Crippen LogP contribution in [0.2, 0.25) is 0 Å². The minimum Gasteiger partial charge on any atom is -0.371 e. The van der Waals surface area contributed by atoms with Gasteiger partial charge in [0.15, 0.2) is 5.82 Å². The normalized spacial score (nSPS) is 15.7. The Labute approximate surface area is 226 Å². The number of aryl methyl sites for hydroxylation is 2.